The highest BCUT2D eigenvalue weighted by Gasteiger charge is 2.29. The number of hydrogen-bond donors (Lipinski definition) is 3. The van der Waals surface area contributed by atoms with E-state index in [1.165, 1.54) is 0 Å². The number of aliphatic carboxylic acids is 1. The average molecular weight is 439 g/mol. The first-order valence-corrected chi connectivity index (χ1v) is 10.7. The zero-order valence-corrected chi connectivity index (χ0v) is 18.0. The molecule has 0 fully saturated rings. The molecule has 2 atom stereocenters. The highest BCUT2D eigenvalue weighted by atomic mass is 35.5. The van der Waals surface area contributed by atoms with Gasteiger partial charge in [-0.2, -0.15) is 0 Å². The molecule has 31 heavy (non-hydrogen) atoms. The average Bonchev–Trinajstić information content (AvgIpc) is 2.79. The number of nitrogens with zero attached hydrogens (tertiary/aromatic N) is 2. The summed E-state index contributed by atoms with van der Waals surface area (Å²) < 4.78 is 0. The van der Waals surface area contributed by atoms with Gasteiger partial charge < -0.3 is 15.7 Å². The molecule has 0 bridgehead atoms. The van der Waals surface area contributed by atoms with E-state index in [1.54, 1.807) is 24.5 Å². The summed E-state index contributed by atoms with van der Waals surface area (Å²) in [7, 11) is 0. The molecular weight excluding hydrogens is 412 g/mol. The molecule has 3 aromatic rings. The number of carboxylic acids is 1. The van der Waals surface area contributed by atoms with E-state index in [0.717, 1.165) is 23.4 Å². The summed E-state index contributed by atoms with van der Waals surface area (Å²) in [4.78, 5) is 20.8. The molecule has 0 amide bonds. The second kappa shape index (κ2) is 12.2. The molecule has 3 N–H and O–H groups in total. The lowest BCUT2D eigenvalue weighted by atomic mass is 9.92. The van der Waals surface area contributed by atoms with Crippen molar-refractivity contribution in [1.29, 1.82) is 0 Å². The fourth-order valence-electron chi connectivity index (χ4n) is 3.43. The van der Waals surface area contributed by atoms with Crippen LogP contribution in [0, 0.1) is 5.92 Å². The van der Waals surface area contributed by atoms with Gasteiger partial charge in [0, 0.05) is 67.3 Å². The zero-order valence-electron chi connectivity index (χ0n) is 17.2. The standard InChI is InChI=1S/C24H27ClN4O2/c25-19-9-7-18(8-10-19)23(29-16-12-21-6-2-4-14-28-21)22(24(30)31)17-26-15-11-20-5-1-3-13-27-20/h1-10,13-14,22-23,26,29H,11-12,15-17H2,(H,30,31). The Morgan fingerprint density at radius 2 is 1.52 bits per heavy atom. The van der Waals surface area contributed by atoms with E-state index >= 15 is 0 Å². The number of halogens is 1. The first-order valence-electron chi connectivity index (χ1n) is 10.4. The van der Waals surface area contributed by atoms with Crippen LogP contribution in [-0.2, 0) is 17.6 Å². The number of carboxylic acid groups (broad SMARTS) is 1. The summed E-state index contributed by atoms with van der Waals surface area (Å²) in [6, 6.07) is 18.6. The predicted octanol–water partition coefficient (Wildman–Crippen LogP) is 3.54. The summed E-state index contributed by atoms with van der Waals surface area (Å²) in [6.07, 6.45) is 4.98. The van der Waals surface area contributed by atoms with Gasteiger partial charge in [-0.05, 0) is 42.0 Å². The summed E-state index contributed by atoms with van der Waals surface area (Å²) >= 11 is 6.04. The second-order valence-electron chi connectivity index (χ2n) is 7.27. The summed E-state index contributed by atoms with van der Waals surface area (Å²) in [5, 5.41) is 17.3. The number of carbonyl (C=O) groups is 1. The molecule has 0 saturated carbocycles. The Kier molecular flexibility index (Phi) is 8.97. The number of aromatic nitrogens is 2. The number of nitrogens with one attached hydrogen (secondary N) is 2. The van der Waals surface area contributed by atoms with Crippen molar-refractivity contribution in [2.24, 2.45) is 5.92 Å². The Hall–Kier alpha value is -2.80. The van der Waals surface area contributed by atoms with Crippen LogP contribution in [-0.4, -0.2) is 40.7 Å². The van der Waals surface area contributed by atoms with Crippen molar-refractivity contribution < 1.29 is 9.90 Å². The van der Waals surface area contributed by atoms with Gasteiger partial charge in [0.25, 0.3) is 0 Å². The molecule has 2 aromatic heterocycles. The van der Waals surface area contributed by atoms with Crippen LogP contribution >= 0.6 is 11.6 Å². The Morgan fingerprint density at radius 1 is 0.903 bits per heavy atom. The number of pyridine rings is 2. The maximum Gasteiger partial charge on any atom is 0.309 e. The molecule has 2 heterocycles. The normalized spacial score (nSPS) is 12.9. The van der Waals surface area contributed by atoms with E-state index in [1.807, 2.05) is 48.5 Å². The van der Waals surface area contributed by atoms with Gasteiger partial charge in [-0.15, -0.1) is 0 Å². The minimum Gasteiger partial charge on any atom is -0.481 e. The number of benzene rings is 1. The molecule has 6 nitrogen and oxygen atoms in total. The topological polar surface area (TPSA) is 87.1 Å². The Bertz CT molecular complexity index is 923. The minimum absolute atomic E-state index is 0.339. The van der Waals surface area contributed by atoms with Crippen molar-refractivity contribution in [3.8, 4) is 0 Å². The van der Waals surface area contributed by atoms with E-state index < -0.39 is 11.9 Å². The number of hydrogen-bond acceptors (Lipinski definition) is 5. The molecule has 0 aliphatic carbocycles. The van der Waals surface area contributed by atoms with Crippen LogP contribution in [0.25, 0.3) is 0 Å². The van der Waals surface area contributed by atoms with Gasteiger partial charge in [0.2, 0.25) is 0 Å². The van der Waals surface area contributed by atoms with Gasteiger partial charge in [0.05, 0.1) is 5.92 Å². The van der Waals surface area contributed by atoms with Gasteiger partial charge in [0.15, 0.2) is 0 Å². The zero-order chi connectivity index (χ0) is 21.9. The van der Waals surface area contributed by atoms with Gasteiger partial charge >= 0.3 is 5.97 Å². The maximum atomic E-state index is 12.1. The number of rotatable bonds is 12. The van der Waals surface area contributed by atoms with Gasteiger partial charge in [-0.1, -0.05) is 35.9 Å². The van der Waals surface area contributed by atoms with Gasteiger partial charge in [-0.3, -0.25) is 14.8 Å². The monoisotopic (exact) mass is 438 g/mol. The van der Waals surface area contributed by atoms with E-state index in [4.69, 9.17) is 11.6 Å². The summed E-state index contributed by atoms with van der Waals surface area (Å²) in [5.41, 5.74) is 2.83. The first-order chi connectivity index (χ1) is 15.1. The summed E-state index contributed by atoms with van der Waals surface area (Å²) in [6.45, 7) is 1.61. The molecule has 2 unspecified atom stereocenters. The smallest absolute Gasteiger partial charge is 0.309 e. The molecule has 1 aromatic carbocycles. The Balaban J connectivity index is 1.64. The Labute approximate surface area is 187 Å². The molecule has 7 heteroatoms. The molecule has 0 aliphatic rings. The van der Waals surface area contributed by atoms with Crippen LogP contribution in [0.2, 0.25) is 5.02 Å². The van der Waals surface area contributed by atoms with Crippen molar-refractivity contribution in [1.82, 2.24) is 20.6 Å². The fourth-order valence-corrected chi connectivity index (χ4v) is 3.56. The predicted molar refractivity (Wildman–Crippen MR) is 122 cm³/mol. The molecule has 162 valence electrons. The van der Waals surface area contributed by atoms with Crippen LogP contribution in [0.4, 0.5) is 0 Å². The van der Waals surface area contributed by atoms with Crippen molar-refractivity contribution in [2.45, 2.75) is 18.9 Å². The molecule has 0 spiro atoms. The lowest BCUT2D eigenvalue weighted by Crippen LogP contribution is -2.40. The van der Waals surface area contributed by atoms with Gasteiger partial charge in [0.1, 0.15) is 0 Å². The van der Waals surface area contributed by atoms with Crippen molar-refractivity contribution in [3.05, 3.63) is 95.0 Å². The largest absolute Gasteiger partial charge is 0.481 e. The highest BCUT2D eigenvalue weighted by molar-refractivity contribution is 6.30. The minimum atomic E-state index is -0.851. The molecule has 0 radical (unpaired) electrons. The Morgan fingerprint density at radius 3 is 2.06 bits per heavy atom. The SMILES string of the molecule is O=C(O)C(CNCCc1ccccn1)C(NCCc1ccccn1)c1ccc(Cl)cc1. The molecule has 0 saturated heterocycles. The van der Waals surface area contributed by atoms with E-state index in [-0.39, 0.29) is 6.04 Å². The third-order valence-electron chi connectivity index (χ3n) is 5.07. The van der Waals surface area contributed by atoms with Gasteiger partial charge in [-0.25, -0.2) is 0 Å². The third-order valence-corrected chi connectivity index (χ3v) is 5.32. The molecule has 3 rings (SSSR count). The van der Waals surface area contributed by atoms with Crippen molar-refractivity contribution in [3.63, 3.8) is 0 Å². The summed E-state index contributed by atoms with van der Waals surface area (Å²) in [5.74, 6) is -1.50. The van der Waals surface area contributed by atoms with Crippen molar-refractivity contribution in [2.75, 3.05) is 19.6 Å². The van der Waals surface area contributed by atoms with E-state index in [0.29, 0.717) is 31.1 Å². The van der Waals surface area contributed by atoms with Crippen molar-refractivity contribution >= 4 is 17.6 Å². The van der Waals surface area contributed by atoms with Crippen LogP contribution < -0.4 is 10.6 Å². The lowest BCUT2D eigenvalue weighted by molar-refractivity contribution is -0.142. The third kappa shape index (κ3) is 7.43. The second-order valence-corrected chi connectivity index (χ2v) is 7.71. The quantitative estimate of drug-likeness (QED) is 0.375. The molecular formula is C24H27ClN4O2. The first kappa shape index (κ1) is 22.9. The van der Waals surface area contributed by atoms with Crippen LogP contribution in [0.5, 0.6) is 0 Å². The van der Waals surface area contributed by atoms with E-state index in [2.05, 4.69) is 20.6 Å². The highest BCUT2D eigenvalue weighted by Crippen LogP contribution is 2.24. The fraction of sp³-hybridized carbons (Fsp3) is 0.292. The molecule has 0 aliphatic heterocycles. The van der Waals surface area contributed by atoms with E-state index in [9.17, 15) is 9.90 Å². The van der Waals surface area contributed by atoms with Crippen LogP contribution in [0.3, 0.4) is 0 Å². The lowest BCUT2D eigenvalue weighted by Gasteiger charge is -2.26. The van der Waals surface area contributed by atoms with Crippen LogP contribution in [0.1, 0.15) is 23.0 Å². The maximum absolute atomic E-state index is 12.1. The van der Waals surface area contributed by atoms with Crippen LogP contribution in [0.15, 0.2) is 73.1 Å².